The highest BCUT2D eigenvalue weighted by molar-refractivity contribution is 5.52. The molecule has 0 atom stereocenters. The third kappa shape index (κ3) is 2.59. The fraction of sp³-hybridized carbons (Fsp3) is 0.444. The number of hydrogen-bond acceptors (Lipinski definition) is 5. The molecular formula is C18H21N7. The molecule has 1 N–H and O–H groups in total. The Balaban J connectivity index is 1.35. The van der Waals surface area contributed by atoms with Gasteiger partial charge in [-0.15, -0.1) is 10.2 Å². The molecule has 1 aliphatic heterocycles. The van der Waals surface area contributed by atoms with Crippen molar-refractivity contribution in [2.24, 2.45) is 7.05 Å². The summed E-state index contributed by atoms with van der Waals surface area (Å²) in [6.07, 6.45) is 8.29. The Bertz CT molecular complexity index is 889. The Morgan fingerprint density at radius 3 is 2.72 bits per heavy atom. The Labute approximate surface area is 146 Å². The molecule has 128 valence electrons. The van der Waals surface area contributed by atoms with Crippen molar-refractivity contribution in [3.63, 3.8) is 0 Å². The summed E-state index contributed by atoms with van der Waals surface area (Å²) >= 11 is 0. The number of fused-ring (bicyclic) bond motifs is 1. The van der Waals surface area contributed by atoms with Crippen LogP contribution in [0.15, 0.2) is 24.5 Å². The lowest BCUT2D eigenvalue weighted by Crippen LogP contribution is -2.27. The van der Waals surface area contributed by atoms with Gasteiger partial charge in [0, 0.05) is 50.6 Å². The monoisotopic (exact) mass is 335 g/mol. The highest BCUT2D eigenvalue weighted by Gasteiger charge is 2.31. The van der Waals surface area contributed by atoms with Gasteiger partial charge in [-0.1, -0.05) is 0 Å². The fourth-order valence-corrected chi connectivity index (χ4v) is 3.66. The molecule has 0 unspecified atom stereocenters. The number of nitrogens with one attached hydrogen (secondary N) is 1. The number of aromatic nitrogens is 6. The molecule has 1 fully saturated rings. The summed E-state index contributed by atoms with van der Waals surface area (Å²) < 4.78 is 1.95. The van der Waals surface area contributed by atoms with Gasteiger partial charge in [0.2, 0.25) is 0 Å². The SMILES string of the molecule is Cn1ccnc1-c1ccc(N2CCc3[nH]nc(C4CC4)c3CC2)nn1. The highest BCUT2D eigenvalue weighted by Crippen LogP contribution is 2.41. The third-order valence-corrected chi connectivity index (χ3v) is 5.24. The van der Waals surface area contributed by atoms with E-state index in [0.29, 0.717) is 5.92 Å². The van der Waals surface area contributed by atoms with Crippen LogP contribution in [0, 0.1) is 0 Å². The first-order valence-electron chi connectivity index (χ1n) is 8.92. The normalized spacial score (nSPS) is 17.4. The van der Waals surface area contributed by atoms with E-state index in [2.05, 4.69) is 36.3 Å². The topological polar surface area (TPSA) is 75.5 Å². The van der Waals surface area contributed by atoms with Gasteiger partial charge in [-0.2, -0.15) is 5.10 Å². The maximum absolute atomic E-state index is 4.57. The molecule has 7 heteroatoms. The van der Waals surface area contributed by atoms with E-state index in [-0.39, 0.29) is 0 Å². The van der Waals surface area contributed by atoms with Crippen LogP contribution in [0.2, 0.25) is 0 Å². The van der Waals surface area contributed by atoms with Crippen molar-refractivity contribution >= 4 is 5.82 Å². The van der Waals surface area contributed by atoms with E-state index in [4.69, 9.17) is 0 Å². The van der Waals surface area contributed by atoms with Crippen molar-refractivity contribution in [3.05, 3.63) is 41.5 Å². The molecule has 5 rings (SSSR count). The average Bonchev–Trinajstić information content (AvgIpc) is 3.33. The molecule has 0 radical (unpaired) electrons. The molecule has 2 aliphatic rings. The number of imidazole rings is 1. The zero-order valence-corrected chi connectivity index (χ0v) is 14.3. The second-order valence-corrected chi connectivity index (χ2v) is 6.97. The van der Waals surface area contributed by atoms with Gasteiger partial charge in [0.15, 0.2) is 11.6 Å². The second kappa shape index (κ2) is 5.68. The van der Waals surface area contributed by atoms with Crippen molar-refractivity contribution in [3.8, 4) is 11.5 Å². The first-order valence-corrected chi connectivity index (χ1v) is 8.92. The van der Waals surface area contributed by atoms with Gasteiger partial charge in [-0.3, -0.25) is 5.10 Å². The van der Waals surface area contributed by atoms with Crippen molar-refractivity contribution in [1.29, 1.82) is 0 Å². The van der Waals surface area contributed by atoms with Crippen LogP contribution >= 0.6 is 0 Å². The average molecular weight is 335 g/mol. The van der Waals surface area contributed by atoms with Crippen LogP contribution in [0.5, 0.6) is 0 Å². The fourth-order valence-electron chi connectivity index (χ4n) is 3.66. The van der Waals surface area contributed by atoms with Crippen molar-refractivity contribution in [1.82, 2.24) is 29.9 Å². The van der Waals surface area contributed by atoms with Crippen LogP contribution in [0.4, 0.5) is 5.82 Å². The number of aryl methyl sites for hydroxylation is 1. The van der Waals surface area contributed by atoms with Crippen LogP contribution in [0.1, 0.15) is 35.7 Å². The Morgan fingerprint density at radius 1 is 1.12 bits per heavy atom. The van der Waals surface area contributed by atoms with E-state index >= 15 is 0 Å². The number of nitrogens with zero attached hydrogens (tertiary/aromatic N) is 6. The molecule has 1 aliphatic carbocycles. The molecule has 0 aromatic carbocycles. The summed E-state index contributed by atoms with van der Waals surface area (Å²) in [7, 11) is 1.96. The first-order chi connectivity index (χ1) is 12.3. The van der Waals surface area contributed by atoms with Crippen molar-refractivity contribution in [2.45, 2.75) is 31.6 Å². The largest absolute Gasteiger partial charge is 0.354 e. The number of rotatable bonds is 3. The lowest BCUT2D eigenvalue weighted by molar-refractivity contribution is 0.761. The maximum atomic E-state index is 4.57. The van der Waals surface area contributed by atoms with E-state index in [0.717, 1.165) is 43.3 Å². The van der Waals surface area contributed by atoms with Crippen molar-refractivity contribution in [2.75, 3.05) is 18.0 Å². The molecule has 0 saturated heterocycles. The molecule has 3 aromatic heterocycles. The minimum atomic E-state index is 0.698. The van der Waals surface area contributed by atoms with Crippen LogP contribution < -0.4 is 4.90 Å². The zero-order valence-electron chi connectivity index (χ0n) is 14.3. The molecule has 0 bridgehead atoms. The molecule has 7 nitrogen and oxygen atoms in total. The van der Waals surface area contributed by atoms with E-state index in [9.17, 15) is 0 Å². The first kappa shape index (κ1) is 14.6. The van der Waals surface area contributed by atoms with Crippen molar-refractivity contribution < 1.29 is 0 Å². The second-order valence-electron chi connectivity index (χ2n) is 6.97. The van der Waals surface area contributed by atoms with E-state index < -0.39 is 0 Å². The highest BCUT2D eigenvalue weighted by atomic mass is 15.3. The number of anilines is 1. The van der Waals surface area contributed by atoms with Gasteiger partial charge >= 0.3 is 0 Å². The molecule has 3 aromatic rings. The molecule has 25 heavy (non-hydrogen) atoms. The summed E-state index contributed by atoms with van der Waals surface area (Å²) in [5, 5.41) is 16.7. The quantitative estimate of drug-likeness (QED) is 0.793. The predicted octanol–water partition coefficient (Wildman–Crippen LogP) is 2.08. The van der Waals surface area contributed by atoms with Crippen LogP contribution in [-0.2, 0) is 19.9 Å². The van der Waals surface area contributed by atoms with E-state index in [1.807, 2.05) is 23.9 Å². The van der Waals surface area contributed by atoms with Gasteiger partial charge in [-0.05, 0) is 37.0 Å². The Hall–Kier alpha value is -2.70. The molecule has 1 saturated carbocycles. The Morgan fingerprint density at radius 2 is 2.00 bits per heavy atom. The Kier molecular flexibility index (Phi) is 3.33. The number of hydrogen-bond donors (Lipinski definition) is 1. The van der Waals surface area contributed by atoms with Crippen LogP contribution in [-0.4, -0.2) is 43.0 Å². The molecule has 0 spiro atoms. The number of H-pyrrole nitrogens is 1. The van der Waals surface area contributed by atoms with Crippen LogP contribution in [0.25, 0.3) is 11.5 Å². The zero-order chi connectivity index (χ0) is 16.8. The van der Waals surface area contributed by atoms with E-state index in [1.54, 1.807) is 6.20 Å². The summed E-state index contributed by atoms with van der Waals surface area (Å²) in [6.45, 7) is 1.90. The summed E-state index contributed by atoms with van der Waals surface area (Å²) in [5.74, 6) is 2.47. The smallest absolute Gasteiger partial charge is 0.160 e. The van der Waals surface area contributed by atoms with E-state index in [1.165, 1.54) is 29.8 Å². The molecular weight excluding hydrogens is 314 g/mol. The van der Waals surface area contributed by atoms with Gasteiger partial charge in [-0.25, -0.2) is 4.98 Å². The lowest BCUT2D eigenvalue weighted by atomic mass is 10.1. The summed E-state index contributed by atoms with van der Waals surface area (Å²) in [6, 6.07) is 4.06. The lowest BCUT2D eigenvalue weighted by Gasteiger charge is -2.20. The standard InChI is InChI=1S/C18H21N7/c1-24-11-8-19-18(24)15-4-5-16(22-21-15)25-9-6-13-14(7-10-25)20-23-17(13)12-2-3-12/h4-5,8,11-12H,2-3,6-7,9-10H2,1H3,(H,20,23). The molecule has 0 amide bonds. The minimum absolute atomic E-state index is 0.698. The minimum Gasteiger partial charge on any atom is -0.354 e. The molecule has 4 heterocycles. The van der Waals surface area contributed by atoms with Gasteiger partial charge in [0.05, 0.1) is 5.69 Å². The predicted molar refractivity (Wildman–Crippen MR) is 94.4 cm³/mol. The summed E-state index contributed by atoms with van der Waals surface area (Å²) in [4.78, 5) is 6.65. The summed E-state index contributed by atoms with van der Waals surface area (Å²) in [5.41, 5.74) is 4.87. The third-order valence-electron chi connectivity index (χ3n) is 5.24. The van der Waals surface area contributed by atoms with Gasteiger partial charge < -0.3 is 9.47 Å². The number of aromatic amines is 1. The van der Waals surface area contributed by atoms with Gasteiger partial charge in [0.25, 0.3) is 0 Å². The maximum Gasteiger partial charge on any atom is 0.160 e. The van der Waals surface area contributed by atoms with Crippen LogP contribution in [0.3, 0.4) is 0 Å². The van der Waals surface area contributed by atoms with Gasteiger partial charge in [0.1, 0.15) is 5.69 Å².